The van der Waals surface area contributed by atoms with Gasteiger partial charge in [0.1, 0.15) is 0 Å². The van der Waals surface area contributed by atoms with Crippen molar-refractivity contribution >= 4 is 0 Å². The highest BCUT2D eigenvalue weighted by Gasteiger charge is 2.16. The van der Waals surface area contributed by atoms with E-state index in [1.54, 1.807) is 0 Å². The number of nitro groups is 1. The van der Waals surface area contributed by atoms with Gasteiger partial charge in [0.25, 0.3) is 0 Å². The van der Waals surface area contributed by atoms with E-state index in [1.807, 2.05) is 6.92 Å². The molecule has 0 fully saturated rings. The van der Waals surface area contributed by atoms with Gasteiger partial charge in [-0.15, -0.1) is 0 Å². The Morgan fingerprint density at radius 2 is 1.91 bits per heavy atom. The van der Waals surface area contributed by atoms with E-state index in [2.05, 4.69) is 6.92 Å². The van der Waals surface area contributed by atoms with Crippen LogP contribution in [0.25, 0.3) is 0 Å². The second-order valence-electron chi connectivity index (χ2n) is 2.87. The normalized spacial score (nSPS) is 12.9. The lowest BCUT2D eigenvalue weighted by molar-refractivity contribution is -0.524. The van der Waals surface area contributed by atoms with E-state index in [0.29, 0.717) is 0 Å². The average Bonchev–Trinajstić information content (AvgIpc) is 1.97. The Hall–Kier alpha value is -0.600. The number of rotatable bonds is 6. The lowest BCUT2D eigenvalue weighted by atomic mass is 10.1. The van der Waals surface area contributed by atoms with E-state index in [4.69, 9.17) is 0 Å². The predicted octanol–water partition coefficient (Wildman–Crippen LogP) is 2.62. The van der Waals surface area contributed by atoms with Gasteiger partial charge < -0.3 is 0 Å². The lowest BCUT2D eigenvalue weighted by Crippen LogP contribution is -2.18. The third kappa shape index (κ3) is 4.76. The zero-order chi connectivity index (χ0) is 8.69. The van der Waals surface area contributed by atoms with Crippen LogP contribution >= 0.6 is 0 Å². The predicted molar refractivity (Wildman–Crippen MR) is 45.2 cm³/mol. The first-order valence-electron chi connectivity index (χ1n) is 4.35. The van der Waals surface area contributed by atoms with Crippen LogP contribution in [0.4, 0.5) is 0 Å². The summed E-state index contributed by atoms with van der Waals surface area (Å²) >= 11 is 0. The standard InChI is InChI=1S/C8H17NO2/c1-3-5-7-8(6-4-2)9(10)11/h8H,3-7H2,1-2H3. The minimum absolute atomic E-state index is 0.140. The fraction of sp³-hybridized carbons (Fsp3) is 1.00. The maximum atomic E-state index is 10.4. The molecule has 0 aromatic heterocycles. The average molecular weight is 159 g/mol. The molecule has 11 heavy (non-hydrogen) atoms. The minimum atomic E-state index is -0.292. The molecule has 0 aliphatic rings. The molecular formula is C8H17NO2. The van der Waals surface area contributed by atoms with Gasteiger partial charge in [-0.1, -0.05) is 20.3 Å². The second kappa shape index (κ2) is 6.13. The van der Waals surface area contributed by atoms with E-state index in [9.17, 15) is 10.1 Å². The van der Waals surface area contributed by atoms with Crippen molar-refractivity contribution in [3.63, 3.8) is 0 Å². The molecule has 0 spiro atoms. The van der Waals surface area contributed by atoms with Crippen molar-refractivity contribution in [2.75, 3.05) is 0 Å². The Kier molecular flexibility index (Phi) is 5.80. The van der Waals surface area contributed by atoms with Crippen LogP contribution < -0.4 is 0 Å². The van der Waals surface area contributed by atoms with Crippen LogP contribution in [0.1, 0.15) is 46.0 Å². The Morgan fingerprint density at radius 1 is 1.27 bits per heavy atom. The highest BCUT2D eigenvalue weighted by atomic mass is 16.6. The SMILES string of the molecule is CCCCC(CCC)[N+](=O)[O-]. The van der Waals surface area contributed by atoms with E-state index < -0.39 is 0 Å². The first-order chi connectivity index (χ1) is 5.22. The maximum Gasteiger partial charge on any atom is 0.213 e. The molecule has 66 valence electrons. The monoisotopic (exact) mass is 159 g/mol. The molecule has 0 N–H and O–H groups in total. The van der Waals surface area contributed by atoms with Crippen molar-refractivity contribution in [3.05, 3.63) is 10.1 Å². The van der Waals surface area contributed by atoms with Crippen LogP contribution in [-0.4, -0.2) is 11.0 Å². The molecular weight excluding hydrogens is 142 g/mol. The van der Waals surface area contributed by atoms with Crippen LogP contribution in [0.5, 0.6) is 0 Å². The van der Waals surface area contributed by atoms with Crippen molar-refractivity contribution in [2.24, 2.45) is 0 Å². The number of nitrogens with zero attached hydrogens (tertiary/aromatic N) is 1. The molecule has 0 aromatic rings. The molecule has 0 amide bonds. The summed E-state index contributed by atoms with van der Waals surface area (Å²) in [5.41, 5.74) is 0. The summed E-state index contributed by atoms with van der Waals surface area (Å²) < 4.78 is 0. The molecule has 0 aliphatic heterocycles. The van der Waals surface area contributed by atoms with Gasteiger partial charge in [-0.3, -0.25) is 10.1 Å². The lowest BCUT2D eigenvalue weighted by Gasteiger charge is -2.06. The van der Waals surface area contributed by atoms with Crippen molar-refractivity contribution in [3.8, 4) is 0 Å². The fourth-order valence-corrected chi connectivity index (χ4v) is 1.13. The van der Waals surface area contributed by atoms with E-state index in [-0.39, 0.29) is 11.0 Å². The molecule has 0 aromatic carbocycles. The highest BCUT2D eigenvalue weighted by Crippen LogP contribution is 2.09. The summed E-state index contributed by atoms with van der Waals surface area (Å²) in [6.45, 7) is 4.05. The summed E-state index contributed by atoms with van der Waals surface area (Å²) in [5.74, 6) is 0. The number of hydrogen-bond donors (Lipinski definition) is 0. The van der Waals surface area contributed by atoms with Gasteiger partial charge >= 0.3 is 0 Å². The maximum absolute atomic E-state index is 10.4. The van der Waals surface area contributed by atoms with Crippen molar-refractivity contribution in [1.29, 1.82) is 0 Å². The van der Waals surface area contributed by atoms with Crippen LogP contribution in [0, 0.1) is 10.1 Å². The van der Waals surface area contributed by atoms with Gasteiger partial charge in [0.15, 0.2) is 0 Å². The minimum Gasteiger partial charge on any atom is -0.264 e. The molecule has 0 saturated heterocycles. The Morgan fingerprint density at radius 3 is 2.27 bits per heavy atom. The summed E-state index contributed by atoms with van der Waals surface area (Å²) in [7, 11) is 0. The molecule has 0 radical (unpaired) electrons. The number of unbranched alkanes of at least 4 members (excludes halogenated alkanes) is 1. The smallest absolute Gasteiger partial charge is 0.213 e. The quantitative estimate of drug-likeness (QED) is 0.441. The van der Waals surface area contributed by atoms with Crippen LogP contribution in [0.2, 0.25) is 0 Å². The van der Waals surface area contributed by atoms with E-state index in [1.165, 1.54) is 0 Å². The topological polar surface area (TPSA) is 43.1 Å². The van der Waals surface area contributed by atoms with E-state index >= 15 is 0 Å². The largest absolute Gasteiger partial charge is 0.264 e. The highest BCUT2D eigenvalue weighted by molar-refractivity contribution is 4.55. The molecule has 0 bridgehead atoms. The zero-order valence-corrected chi connectivity index (χ0v) is 7.38. The van der Waals surface area contributed by atoms with Crippen molar-refractivity contribution < 1.29 is 4.92 Å². The number of hydrogen-bond acceptors (Lipinski definition) is 2. The summed E-state index contributed by atoms with van der Waals surface area (Å²) in [6.07, 6.45) is 4.42. The molecule has 1 atom stereocenters. The first kappa shape index (κ1) is 10.4. The molecule has 0 rings (SSSR count). The van der Waals surface area contributed by atoms with Gasteiger partial charge in [0.2, 0.25) is 6.04 Å². The van der Waals surface area contributed by atoms with Crippen molar-refractivity contribution in [2.45, 2.75) is 52.0 Å². The summed E-state index contributed by atoms with van der Waals surface area (Å²) in [4.78, 5) is 10.3. The fourth-order valence-electron chi connectivity index (χ4n) is 1.13. The van der Waals surface area contributed by atoms with Crippen LogP contribution in [0.3, 0.4) is 0 Å². The second-order valence-corrected chi connectivity index (χ2v) is 2.87. The summed E-state index contributed by atoms with van der Waals surface area (Å²) in [6, 6.07) is -0.292. The van der Waals surface area contributed by atoms with Gasteiger partial charge in [0, 0.05) is 17.8 Å². The molecule has 1 unspecified atom stereocenters. The third-order valence-electron chi connectivity index (χ3n) is 1.81. The summed E-state index contributed by atoms with van der Waals surface area (Å²) in [5, 5.41) is 10.4. The van der Waals surface area contributed by atoms with Crippen LogP contribution in [-0.2, 0) is 0 Å². The van der Waals surface area contributed by atoms with Gasteiger partial charge in [-0.2, -0.15) is 0 Å². The molecule has 0 heterocycles. The Balaban J connectivity index is 3.60. The third-order valence-corrected chi connectivity index (χ3v) is 1.81. The zero-order valence-electron chi connectivity index (χ0n) is 7.38. The molecule has 0 aliphatic carbocycles. The van der Waals surface area contributed by atoms with Crippen LogP contribution in [0.15, 0.2) is 0 Å². The van der Waals surface area contributed by atoms with Gasteiger partial charge in [0.05, 0.1) is 0 Å². The van der Waals surface area contributed by atoms with Gasteiger partial charge in [-0.05, 0) is 12.8 Å². The van der Waals surface area contributed by atoms with Crippen molar-refractivity contribution in [1.82, 2.24) is 0 Å². The Labute approximate surface area is 67.9 Å². The molecule has 3 nitrogen and oxygen atoms in total. The van der Waals surface area contributed by atoms with Gasteiger partial charge in [-0.25, -0.2) is 0 Å². The molecule has 0 saturated carbocycles. The van der Waals surface area contributed by atoms with E-state index in [0.717, 1.165) is 32.1 Å². The molecule has 3 heteroatoms. The first-order valence-corrected chi connectivity index (χ1v) is 4.35. The Bertz CT molecular complexity index is 115.